The van der Waals surface area contributed by atoms with Crippen molar-refractivity contribution in [1.82, 2.24) is 5.32 Å². The summed E-state index contributed by atoms with van der Waals surface area (Å²) in [6, 6.07) is 12.5. The second-order valence-electron chi connectivity index (χ2n) is 4.95. The van der Waals surface area contributed by atoms with E-state index in [9.17, 15) is 0 Å². The van der Waals surface area contributed by atoms with Crippen molar-refractivity contribution in [2.75, 3.05) is 33.4 Å². The van der Waals surface area contributed by atoms with Crippen molar-refractivity contribution in [2.45, 2.75) is 12.8 Å². The zero-order valence-electron chi connectivity index (χ0n) is 12.4. The summed E-state index contributed by atoms with van der Waals surface area (Å²) >= 11 is 3.49. The van der Waals surface area contributed by atoms with Gasteiger partial charge in [-0.15, -0.1) is 0 Å². The van der Waals surface area contributed by atoms with Crippen molar-refractivity contribution in [1.29, 1.82) is 0 Å². The highest BCUT2D eigenvalue weighted by molar-refractivity contribution is 9.10. The Morgan fingerprint density at radius 2 is 1.76 bits per heavy atom. The molecule has 3 nitrogen and oxygen atoms in total. The summed E-state index contributed by atoms with van der Waals surface area (Å²) in [4.78, 5) is 0. The molecule has 0 spiro atoms. The highest BCUT2D eigenvalue weighted by Gasteiger charge is 1.98. The molecule has 0 saturated heterocycles. The Morgan fingerprint density at radius 3 is 2.62 bits per heavy atom. The number of ether oxygens (including phenoxy) is 2. The molecule has 114 valence electrons. The van der Waals surface area contributed by atoms with Gasteiger partial charge in [-0.2, -0.15) is 0 Å². The molecule has 0 unspecified atom stereocenters. The predicted molar refractivity (Wildman–Crippen MR) is 91.1 cm³/mol. The summed E-state index contributed by atoms with van der Waals surface area (Å²) in [7, 11) is 1.72. The van der Waals surface area contributed by atoms with E-state index in [0.717, 1.165) is 49.4 Å². The van der Waals surface area contributed by atoms with Gasteiger partial charge in [0, 0.05) is 18.1 Å². The Balaban J connectivity index is 1.70. The highest BCUT2D eigenvalue weighted by atomic mass is 79.9. The van der Waals surface area contributed by atoms with E-state index in [1.807, 2.05) is 6.07 Å². The number of fused-ring (bicyclic) bond motifs is 1. The molecule has 0 heterocycles. The van der Waals surface area contributed by atoms with Crippen LogP contribution >= 0.6 is 15.9 Å². The number of methoxy groups -OCH3 is 1. The fraction of sp³-hybridized carbons (Fsp3) is 0.412. The van der Waals surface area contributed by atoms with Crippen LogP contribution in [0.5, 0.6) is 5.75 Å². The Labute approximate surface area is 134 Å². The van der Waals surface area contributed by atoms with Gasteiger partial charge in [-0.05, 0) is 54.4 Å². The van der Waals surface area contributed by atoms with Gasteiger partial charge in [0.25, 0.3) is 0 Å². The number of unbranched alkanes of at least 4 members (excludes halogenated alkanes) is 1. The third-order valence-electron chi connectivity index (χ3n) is 3.27. The molecule has 2 aromatic carbocycles. The summed E-state index contributed by atoms with van der Waals surface area (Å²) < 4.78 is 11.9. The molecule has 0 aliphatic heterocycles. The number of nitrogens with one attached hydrogen (secondary N) is 1. The molecule has 0 bridgehead atoms. The molecular weight excluding hydrogens is 330 g/mol. The number of rotatable bonds is 9. The molecule has 0 aromatic heterocycles. The minimum absolute atomic E-state index is 0.758. The Morgan fingerprint density at radius 1 is 0.952 bits per heavy atom. The lowest BCUT2D eigenvalue weighted by Gasteiger charge is -2.08. The van der Waals surface area contributed by atoms with Crippen molar-refractivity contribution in [2.24, 2.45) is 0 Å². The van der Waals surface area contributed by atoms with E-state index in [1.165, 1.54) is 10.8 Å². The van der Waals surface area contributed by atoms with Gasteiger partial charge in [-0.3, -0.25) is 0 Å². The average molecular weight is 352 g/mol. The van der Waals surface area contributed by atoms with Gasteiger partial charge in [-0.1, -0.05) is 28.1 Å². The lowest BCUT2D eigenvalue weighted by atomic mass is 10.1. The second kappa shape index (κ2) is 9.03. The van der Waals surface area contributed by atoms with Crippen LogP contribution < -0.4 is 10.1 Å². The largest absolute Gasteiger partial charge is 0.494 e. The number of hydrogen-bond acceptors (Lipinski definition) is 3. The summed E-state index contributed by atoms with van der Waals surface area (Å²) in [6.07, 6.45) is 2.17. The van der Waals surface area contributed by atoms with Gasteiger partial charge < -0.3 is 14.8 Å². The van der Waals surface area contributed by atoms with Crippen molar-refractivity contribution in [3.63, 3.8) is 0 Å². The molecule has 0 aliphatic rings. The Kier molecular flexibility index (Phi) is 7.00. The summed E-state index contributed by atoms with van der Waals surface area (Å²) in [5.41, 5.74) is 0. The Bertz CT molecular complexity index is 559. The van der Waals surface area contributed by atoms with Crippen molar-refractivity contribution in [3.8, 4) is 5.75 Å². The third kappa shape index (κ3) is 5.65. The third-order valence-corrected chi connectivity index (χ3v) is 3.77. The van der Waals surface area contributed by atoms with Crippen LogP contribution in [0.3, 0.4) is 0 Å². The summed E-state index contributed by atoms with van der Waals surface area (Å²) in [5.74, 6) is 0.942. The van der Waals surface area contributed by atoms with Crippen molar-refractivity contribution < 1.29 is 9.47 Å². The lowest BCUT2D eigenvalue weighted by Crippen LogP contribution is -2.20. The summed E-state index contributed by atoms with van der Waals surface area (Å²) in [5, 5.41) is 5.76. The molecule has 4 heteroatoms. The van der Waals surface area contributed by atoms with Crippen LogP contribution in [-0.4, -0.2) is 33.4 Å². The van der Waals surface area contributed by atoms with Gasteiger partial charge in [0.1, 0.15) is 5.75 Å². The average Bonchev–Trinajstić information content (AvgIpc) is 2.50. The topological polar surface area (TPSA) is 30.5 Å². The first-order chi connectivity index (χ1) is 10.3. The van der Waals surface area contributed by atoms with Crippen molar-refractivity contribution in [3.05, 3.63) is 40.9 Å². The monoisotopic (exact) mass is 351 g/mol. The zero-order valence-corrected chi connectivity index (χ0v) is 14.0. The highest BCUT2D eigenvalue weighted by Crippen LogP contribution is 2.24. The molecule has 0 fully saturated rings. The number of halogens is 1. The summed E-state index contributed by atoms with van der Waals surface area (Å²) in [6.45, 7) is 3.45. The maximum Gasteiger partial charge on any atom is 0.119 e. The van der Waals surface area contributed by atoms with E-state index in [0.29, 0.717) is 0 Å². The molecule has 21 heavy (non-hydrogen) atoms. The second-order valence-corrected chi connectivity index (χ2v) is 5.87. The van der Waals surface area contributed by atoms with Crippen LogP contribution in [0.4, 0.5) is 0 Å². The van der Waals surface area contributed by atoms with Crippen LogP contribution in [0.1, 0.15) is 12.8 Å². The first-order valence-corrected chi connectivity index (χ1v) is 8.10. The molecule has 0 amide bonds. The molecule has 0 saturated carbocycles. The smallest absolute Gasteiger partial charge is 0.119 e. The fourth-order valence-corrected chi connectivity index (χ4v) is 2.50. The van der Waals surface area contributed by atoms with Gasteiger partial charge in [0.15, 0.2) is 0 Å². The van der Waals surface area contributed by atoms with Crippen molar-refractivity contribution >= 4 is 26.7 Å². The van der Waals surface area contributed by atoms with Crippen LogP contribution in [-0.2, 0) is 4.74 Å². The number of benzene rings is 2. The first-order valence-electron chi connectivity index (χ1n) is 7.31. The fourth-order valence-electron chi connectivity index (χ4n) is 2.13. The van der Waals surface area contributed by atoms with Crippen LogP contribution in [0.25, 0.3) is 10.8 Å². The normalized spacial score (nSPS) is 11.0. The molecule has 0 atom stereocenters. The molecule has 1 N–H and O–H groups in total. The first kappa shape index (κ1) is 16.3. The lowest BCUT2D eigenvalue weighted by molar-refractivity contribution is 0.199. The van der Waals surface area contributed by atoms with E-state index in [2.05, 4.69) is 51.6 Å². The van der Waals surface area contributed by atoms with E-state index >= 15 is 0 Å². The standard InChI is InChI=1S/C17H22BrNO2/c1-20-11-9-19-8-2-3-10-21-17-7-5-14-12-16(18)6-4-15(14)13-17/h4-7,12-13,19H,2-3,8-11H2,1H3. The molecule has 2 aromatic rings. The SMILES string of the molecule is COCCNCCCCOc1ccc2cc(Br)ccc2c1. The van der Waals surface area contributed by atoms with E-state index in [4.69, 9.17) is 9.47 Å². The maximum atomic E-state index is 5.81. The minimum atomic E-state index is 0.758. The molecule has 2 rings (SSSR count). The zero-order chi connectivity index (χ0) is 14.9. The molecular formula is C17H22BrNO2. The van der Waals surface area contributed by atoms with E-state index < -0.39 is 0 Å². The number of hydrogen-bond donors (Lipinski definition) is 1. The van der Waals surface area contributed by atoms with Crippen LogP contribution in [0.2, 0.25) is 0 Å². The minimum Gasteiger partial charge on any atom is -0.494 e. The van der Waals surface area contributed by atoms with Crippen LogP contribution in [0, 0.1) is 0 Å². The quantitative estimate of drug-likeness (QED) is 0.692. The van der Waals surface area contributed by atoms with E-state index in [1.54, 1.807) is 7.11 Å². The van der Waals surface area contributed by atoms with Crippen LogP contribution in [0.15, 0.2) is 40.9 Å². The Hall–Kier alpha value is -1.10. The van der Waals surface area contributed by atoms with E-state index in [-0.39, 0.29) is 0 Å². The molecule has 0 aliphatic carbocycles. The maximum absolute atomic E-state index is 5.81. The van der Waals surface area contributed by atoms with Gasteiger partial charge in [0.05, 0.1) is 13.2 Å². The molecule has 0 radical (unpaired) electrons. The predicted octanol–water partition coefficient (Wildman–Crippen LogP) is 4.00. The van der Waals surface area contributed by atoms with Gasteiger partial charge >= 0.3 is 0 Å². The van der Waals surface area contributed by atoms with Gasteiger partial charge in [0.2, 0.25) is 0 Å². The van der Waals surface area contributed by atoms with Gasteiger partial charge in [-0.25, -0.2) is 0 Å².